The summed E-state index contributed by atoms with van der Waals surface area (Å²) in [4.78, 5) is 0. The molecule has 0 fully saturated rings. The van der Waals surface area contributed by atoms with Crippen LogP contribution in [0.1, 0.15) is 80.1 Å². The third-order valence-corrected chi connectivity index (χ3v) is 4.16. The Bertz CT molecular complexity index is 865. The second-order valence-electron chi connectivity index (χ2n) is 7.45. The van der Waals surface area contributed by atoms with Crippen molar-refractivity contribution >= 4 is 0 Å². The largest absolute Gasteiger partial charge is 0.0626 e. The third kappa shape index (κ3) is 9.80. The summed E-state index contributed by atoms with van der Waals surface area (Å²) in [6.07, 6.45) is 0. The molecule has 0 amide bonds. The zero-order valence-electron chi connectivity index (χ0n) is 20.7. The lowest BCUT2D eigenvalue weighted by Crippen LogP contribution is -1.83. The Labute approximate surface area is 171 Å². The van der Waals surface area contributed by atoms with Crippen LogP contribution in [0.5, 0.6) is 0 Å². The molecule has 0 saturated carbocycles. The monoisotopic (exact) mass is 366 g/mol. The minimum Gasteiger partial charge on any atom is -0.0622 e. The van der Waals surface area contributed by atoms with Crippen molar-refractivity contribution in [3.05, 3.63) is 108 Å². The fourth-order valence-electron chi connectivity index (χ4n) is 2.32. The lowest BCUT2D eigenvalue weighted by molar-refractivity contribution is 0.867. The van der Waals surface area contributed by atoms with Crippen LogP contribution in [-0.2, 0) is 0 Å². The minimum atomic E-state index is 0.466. The molecule has 0 atom stereocenters. The molecule has 0 nitrogen and oxygen atoms in total. The highest BCUT2D eigenvalue weighted by Gasteiger charge is 1.94. The molecule has 3 aromatic carbocycles. The van der Waals surface area contributed by atoms with E-state index in [0.717, 1.165) is 5.56 Å². The van der Waals surface area contributed by atoms with Crippen LogP contribution in [0.25, 0.3) is 0 Å². The van der Waals surface area contributed by atoms with Gasteiger partial charge in [0.15, 0.2) is 0 Å². The molecule has 0 heterocycles. The first-order chi connectivity index (χ1) is 14.1. The average Bonchev–Trinajstić information content (AvgIpc) is 2.69. The quantitative estimate of drug-likeness (QED) is 0.436. The van der Waals surface area contributed by atoms with Gasteiger partial charge in [0.1, 0.15) is 0 Å². The van der Waals surface area contributed by atoms with Crippen molar-refractivity contribution in [3.63, 3.8) is 0 Å². The van der Waals surface area contributed by atoms with Crippen LogP contribution in [0.15, 0.2) is 90.9 Å². The van der Waals surface area contributed by atoms with Crippen molar-refractivity contribution < 1.29 is 4.11 Å². The molecule has 27 heavy (non-hydrogen) atoms. The summed E-state index contributed by atoms with van der Waals surface area (Å²) >= 11 is 0. The molecule has 0 heteroatoms. The van der Waals surface area contributed by atoms with Crippen molar-refractivity contribution in [2.24, 2.45) is 0 Å². The van der Waals surface area contributed by atoms with E-state index >= 15 is 0 Å². The number of hydrogen-bond acceptors (Lipinski definition) is 0. The van der Waals surface area contributed by atoms with Crippen LogP contribution in [0, 0.1) is 0 Å². The van der Waals surface area contributed by atoms with E-state index in [-0.39, 0.29) is 0 Å². The van der Waals surface area contributed by atoms with Gasteiger partial charge in [0.25, 0.3) is 0 Å². The maximum Gasteiger partial charge on any atom is 0.0626 e. The van der Waals surface area contributed by atoms with E-state index in [1.165, 1.54) is 11.1 Å². The molecule has 0 bridgehead atoms. The first-order valence-electron chi connectivity index (χ1n) is 11.3. The number of rotatable bonds is 3. The van der Waals surface area contributed by atoms with Crippen LogP contribution in [0.4, 0.5) is 0 Å². The van der Waals surface area contributed by atoms with Gasteiger partial charge in [-0.05, 0) is 34.4 Å². The Kier molecular flexibility index (Phi) is 8.64. The predicted molar refractivity (Wildman–Crippen MR) is 122 cm³/mol. The van der Waals surface area contributed by atoms with E-state index in [9.17, 15) is 0 Å². The van der Waals surface area contributed by atoms with Gasteiger partial charge in [0.05, 0.1) is 4.11 Å². The first kappa shape index (κ1) is 18.0. The van der Waals surface area contributed by atoms with Crippen LogP contribution >= 0.6 is 0 Å². The standard InChI is InChI=1S/3C9H12/c3*1-8(2)9-6-4-3-5-7-9/h3*3-8H,1-2H3/i6T;4T;3T. The number of benzene rings is 3. The summed E-state index contributed by atoms with van der Waals surface area (Å²) < 4.78 is 22.1. The van der Waals surface area contributed by atoms with E-state index in [1.54, 1.807) is 6.07 Å². The Balaban J connectivity index is 0.000000225. The van der Waals surface area contributed by atoms with Gasteiger partial charge in [-0.2, -0.15) is 0 Å². The molecule has 0 N–H and O–H groups in total. The molecular formula is C27H36. The van der Waals surface area contributed by atoms with Gasteiger partial charge in [0.2, 0.25) is 0 Å². The van der Waals surface area contributed by atoms with Crippen molar-refractivity contribution in [3.8, 4) is 0 Å². The Morgan fingerprint density at radius 3 is 1.41 bits per heavy atom. The summed E-state index contributed by atoms with van der Waals surface area (Å²) in [7, 11) is 0. The van der Waals surface area contributed by atoms with Crippen molar-refractivity contribution in [1.82, 2.24) is 0 Å². The third-order valence-electron chi connectivity index (χ3n) is 4.16. The molecule has 0 spiro atoms. The van der Waals surface area contributed by atoms with Crippen LogP contribution < -0.4 is 0 Å². The smallest absolute Gasteiger partial charge is 0.0622 e. The molecule has 3 aromatic rings. The van der Waals surface area contributed by atoms with Crippen LogP contribution in [0.3, 0.4) is 0 Å². The van der Waals surface area contributed by atoms with Gasteiger partial charge in [-0.25, -0.2) is 0 Å². The topological polar surface area (TPSA) is 0 Å². The normalized spacial score (nSPS) is 11.7. The molecule has 0 unspecified atom stereocenters. The van der Waals surface area contributed by atoms with Gasteiger partial charge in [-0.15, -0.1) is 0 Å². The summed E-state index contributed by atoms with van der Waals surface area (Å²) in [5.74, 6) is 1.57. The average molecular weight is 367 g/mol. The summed E-state index contributed by atoms with van der Waals surface area (Å²) in [6, 6.07) is 24.9. The summed E-state index contributed by atoms with van der Waals surface area (Å²) in [5, 5.41) is 0. The van der Waals surface area contributed by atoms with Gasteiger partial charge in [-0.3, -0.25) is 0 Å². The zero-order valence-corrected chi connectivity index (χ0v) is 17.7. The molecule has 144 valence electrons. The van der Waals surface area contributed by atoms with Gasteiger partial charge < -0.3 is 0 Å². The minimum absolute atomic E-state index is 0.466. The Hall–Kier alpha value is -2.34. The molecule has 3 rings (SSSR count). The molecule has 0 aromatic heterocycles. The lowest BCUT2D eigenvalue weighted by atomic mass is 10.0. The van der Waals surface area contributed by atoms with Crippen molar-refractivity contribution in [1.29, 1.82) is 0 Å². The predicted octanol–water partition coefficient (Wildman–Crippen LogP) is 8.43. The van der Waals surface area contributed by atoms with E-state index in [4.69, 9.17) is 4.11 Å². The second-order valence-corrected chi connectivity index (χ2v) is 7.45. The van der Waals surface area contributed by atoms with E-state index in [2.05, 4.69) is 47.6 Å². The number of hydrogen-bond donors (Lipinski definition) is 0. The maximum absolute atomic E-state index is 7.50. The Morgan fingerprint density at radius 1 is 0.481 bits per heavy atom. The molecular weight excluding hydrogens is 324 g/mol. The highest BCUT2D eigenvalue weighted by molar-refractivity contribution is 5.19. The summed E-state index contributed by atoms with van der Waals surface area (Å²) in [5.41, 5.74) is 3.67. The van der Waals surface area contributed by atoms with Gasteiger partial charge in [0, 0.05) is 0 Å². The molecule has 0 aliphatic rings. The SMILES string of the molecule is [3H]c1ccc(C(C)C)cc1.[3H]c1cccc(C(C)C)c1.[3H]c1ccccc1C(C)C. The highest BCUT2D eigenvalue weighted by Crippen LogP contribution is 2.13. The molecule has 0 radical (unpaired) electrons. The maximum atomic E-state index is 7.50. The van der Waals surface area contributed by atoms with Crippen molar-refractivity contribution in [2.75, 3.05) is 0 Å². The Morgan fingerprint density at radius 2 is 0.963 bits per heavy atom. The molecule has 0 aliphatic heterocycles. The van der Waals surface area contributed by atoms with E-state index in [0.29, 0.717) is 35.9 Å². The van der Waals surface area contributed by atoms with E-state index in [1.807, 2.05) is 60.7 Å². The van der Waals surface area contributed by atoms with E-state index < -0.39 is 0 Å². The first-order valence-corrected chi connectivity index (χ1v) is 9.80. The van der Waals surface area contributed by atoms with Crippen molar-refractivity contribution in [2.45, 2.75) is 59.3 Å². The molecule has 0 aliphatic carbocycles. The van der Waals surface area contributed by atoms with Gasteiger partial charge in [-0.1, -0.05) is 132 Å². The fraction of sp³-hybridized carbons (Fsp3) is 0.333. The highest BCUT2D eigenvalue weighted by atomic mass is 14.0. The fourth-order valence-corrected chi connectivity index (χ4v) is 2.32. The van der Waals surface area contributed by atoms with Gasteiger partial charge >= 0.3 is 0 Å². The molecule has 0 saturated heterocycles. The second kappa shape index (κ2) is 12.9. The lowest BCUT2D eigenvalue weighted by Gasteiger charge is -2.01. The van der Waals surface area contributed by atoms with Crippen LogP contribution in [-0.4, -0.2) is 0 Å². The zero-order chi connectivity index (χ0) is 22.7. The van der Waals surface area contributed by atoms with Crippen LogP contribution in [0.2, 0.25) is 0 Å². The summed E-state index contributed by atoms with van der Waals surface area (Å²) in [6.45, 7) is 12.8.